The van der Waals surface area contributed by atoms with Crippen LogP contribution in [-0.2, 0) is 0 Å². The molecule has 1 aromatic rings. The number of likely N-dealkylation sites (tertiary alicyclic amines) is 1. The fourth-order valence-electron chi connectivity index (χ4n) is 2.58. The van der Waals surface area contributed by atoms with E-state index in [-0.39, 0.29) is 5.78 Å². The van der Waals surface area contributed by atoms with Gasteiger partial charge in [0.05, 0.1) is 18.2 Å². The van der Waals surface area contributed by atoms with E-state index in [0.717, 1.165) is 19.0 Å². The second kappa shape index (κ2) is 6.49. The van der Waals surface area contributed by atoms with Crippen LogP contribution in [0.15, 0.2) is 24.3 Å². The van der Waals surface area contributed by atoms with Crippen molar-refractivity contribution in [2.24, 2.45) is 5.92 Å². The molecule has 1 aliphatic rings. The number of carbonyl (C=O) groups is 1. The third kappa shape index (κ3) is 3.65. The predicted octanol–water partition coefficient (Wildman–Crippen LogP) is 2.86. The molecule has 0 radical (unpaired) electrons. The summed E-state index contributed by atoms with van der Waals surface area (Å²) in [5.74, 6) is 0.987. The largest absolute Gasteiger partial charge is 0.296 e. The number of piperidine rings is 1. The fraction of sp³-hybridized carbons (Fsp3) is 0.500. The van der Waals surface area contributed by atoms with Gasteiger partial charge in [-0.25, -0.2) is 0 Å². The topological polar surface area (TPSA) is 44.1 Å². The van der Waals surface area contributed by atoms with Gasteiger partial charge in [0.15, 0.2) is 5.78 Å². The van der Waals surface area contributed by atoms with Gasteiger partial charge in [0, 0.05) is 5.56 Å². The highest BCUT2D eigenvalue weighted by Gasteiger charge is 2.19. The normalized spacial score (nSPS) is 17.1. The van der Waals surface area contributed by atoms with Gasteiger partial charge in [0.25, 0.3) is 0 Å². The average Bonchev–Trinajstić information content (AvgIpc) is 2.48. The molecule has 0 amide bonds. The summed E-state index contributed by atoms with van der Waals surface area (Å²) in [5.41, 5.74) is 1.30. The molecule has 1 fully saturated rings. The minimum Gasteiger partial charge on any atom is -0.296 e. The molecule has 0 spiro atoms. The van der Waals surface area contributed by atoms with Crippen molar-refractivity contribution in [3.63, 3.8) is 0 Å². The number of carbonyl (C=O) groups excluding carboxylic acids is 1. The summed E-state index contributed by atoms with van der Waals surface area (Å²) in [6.07, 6.45) is 3.66. The van der Waals surface area contributed by atoms with Gasteiger partial charge in [-0.2, -0.15) is 5.26 Å². The molecule has 3 nitrogen and oxygen atoms in total. The SMILES string of the molecule is CCC1CCN(CC(=O)c2ccc(C#N)cc2)CC1. The molecule has 100 valence electrons. The number of hydrogen-bond acceptors (Lipinski definition) is 3. The van der Waals surface area contributed by atoms with Crippen LogP contribution in [0.5, 0.6) is 0 Å². The van der Waals surface area contributed by atoms with Gasteiger partial charge in [-0.3, -0.25) is 9.69 Å². The Bertz CT molecular complexity index is 465. The highest BCUT2D eigenvalue weighted by molar-refractivity contribution is 5.97. The molecule has 2 rings (SSSR count). The summed E-state index contributed by atoms with van der Waals surface area (Å²) < 4.78 is 0. The van der Waals surface area contributed by atoms with E-state index in [1.807, 2.05) is 0 Å². The number of nitrogens with zero attached hydrogens (tertiary/aromatic N) is 2. The third-order valence-corrected chi connectivity index (χ3v) is 3.99. The Morgan fingerprint density at radius 2 is 1.95 bits per heavy atom. The maximum absolute atomic E-state index is 12.1. The Balaban J connectivity index is 1.89. The smallest absolute Gasteiger partial charge is 0.176 e. The highest BCUT2D eigenvalue weighted by Crippen LogP contribution is 2.20. The maximum atomic E-state index is 12.1. The molecule has 0 bridgehead atoms. The molecule has 0 unspecified atom stereocenters. The van der Waals surface area contributed by atoms with Crippen LogP contribution in [0.25, 0.3) is 0 Å². The summed E-state index contributed by atoms with van der Waals surface area (Å²) in [7, 11) is 0. The summed E-state index contributed by atoms with van der Waals surface area (Å²) in [6, 6.07) is 8.97. The number of hydrogen-bond donors (Lipinski definition) is 0. The minimum absolute atomic E-state index is 0.152. The Labute approximate surface area is 114 Å². The van der Waals surface area contributed by atoms with Gasteiger partial charge in [-0.15, -0.1) is 0 Å². The molecule has 0 saturated carbocycles. The second-order valence-electron chi connectivity index (χ2n) is 5.24. The van der Waals surface area contributed by atoms with E-state index in [1.165, 1.54) is 19.3 Å². The standard InChI is InChI=1S/C16H20N2O/c1-2-13-7-9-18(10-8-13)12-16(19)15-5-3-14(11-17)4-6-15/h3-6,13H,2,7-10,12H2,1H3. The van der Waals surface area contributed by atoms with Crippen molar-refractivity contribution in [2.45, 2.75) is 26.2 Å². The minimum atomic E-state index is 0.152. The molecule has 1 aliphatic heterocycles. The maximum Gasteiger partial charge on any atom is 0.176 e. The van der Waals surface area contributed by atoms with Crippen LogP contribution in [0.3, 0.4) is 0 Å². The van der Waals surface area contributed by atoms with Crippen LogP contribution in [0.2, 0.25) is 0 Å². The van der Waals surface area contributed by atoms with Crippen molar-refractivity contribution in [3.8, 4) is 6.07 Å². The van der Waals surface area contributed by atoms with E-state index >= 15 is 0 Å². The van der Waals surface area contributed by atoms with Crippen LogP contribution < -0.4 is 0 Å². The Hall–Kier alpha value is -1.66. The van der Waals surface area contributed by atoms with Gasteiger partial charge in [-0.1, -0.05) is 25.5 Å². The van der Waals surface area contributed by atoms with E-state index in [0.29, 0.717) is 17.7 Å². The molecule has 1 heterocycles. The molecule has 0 aliphatic carbocycles. The predicted molar refractivity (Wildman–Crippen MR) is 74.9 cm³/mol. The number of nitriles is 1. The first kappa shape index (κ1) is 13.8. The number of Topliss-reactive ketones (excluding diaryl/α,β-unsaturated/α-hetero) is 1. The summed E-state index contributed by atoms with van der Waals surface area (Å²) in [5, 5.41) is 8.73. The molecule has 0 N–H and O–H groups in total. The number of ketones is 1. The zero-order chi connectivity index (χ0) is 13.7. The number of benzene rings is 1. The second-order valence-corrected chi connectivity index (χ2v) is 5.24. The van der Waals surface area contributed by atoms with E-state index < -0.39 is 0 Å². The van der Waals surface area contributed by atoms with E-state index in [4.69, 9.17) is 5.26 Å². The van der Waals surface area contributed by atoms with Gasteiger partial charge in [-0.05, 0) is 44.0 Å². The molecule has 1 aromatic carbocycles. The van der Waals surface area contributed by atoms with Crippen LogP contribution in [0, 0.1) is 17.2 Å². The van der Waals surface area contributed by atoms with Crippen molar-refractivity contribution in [1.29, 1.82) is 5.26 Å². The molecule has 19 heavy (non-hydrogen) atoms. The number of rotatable bonds is 4. The average molecular weight is 256 g/mol. The lowest BCUT2D eigenvalue weighted by atomic mass is 9.94. The summed E-state index contributed by atoms with van der Waals surface area (Å²) in [4.78, 5) is 14.4. The Morgan fingerprint density at radius 1 is 1.32 bits per heavy atom. The first-order valence-corrected chi connectivity index (χ1v) is 6.98. The first-order chi connectivity index (χ1) is 9.22. The molecule has 0 atom stereocenters. The van der Waals surface area contributed by atoms with Crippen molar-refractivity contribution >= 4 is 5.78 Å². The van der Waals surface area contributed by atoms with Crippen LogP contribution in [0.4, 0.5) is 0 Å². The van der Waals surface area contributed by atoms with Crippen molar-refractivity contribution in [1.82, 2.24) is 4.90 Å². The van der Waals surface area contributed by atoms with Gasteiger partial charge < -0.3 is 0 Å². The zero-order valence-electron chi connectivity index (χ0n) is 11.4. The van der Waals surface area contributed by atoms with E-state index in [9.17, 15) is 4.79 Å². The highest BCUT2D eigenvalue weighted by atomic mass is 16.1. The van der Waals surface area contributed by atoms with Crippen molar-refractivity contribution in [3.05, 3.63) is 35.4 Å². The molecule has 0 aromatic heterocycles. The van der Waals surface area contributed by atoms with Gasteiger partial charge in [0.1, 0.15) is 0 Å². The quantitative estimate of drug-likeness (QED) is 0.778. The third-order valence-electron chi connectivity index (χ3n) is 3.99. The summed E-state index contributed by atoms with van der Waals surface area (Å²) >= 11 is 0. The zero-order valence-corrected chi connectivity index (χ0v) is 11.4. The molecular formula is C16H20N2O. The van der Waals surface area contributed by atoms with Gasteiger partial charge in [0.2, 0.25) is 0 Å². The first-order valence-electron chi connectivity index (χ1n) is 6.98. The lowest BCUT2D eigenvalue weighted by Gasteiger charge is -2.30. The van der Waals surface area contributed by atoms with Crippen molar-refractivity contribution < 1.29 is 4.79 Å². The van der Waals surface area contributed by atoms with Gasteiger partial charge >= 0.3 is 0 Å². The van der Waals surface area contributed by atoms with E-state index in [1.54, 1.807) is 24.3 Å². The molecule has 3 heteroatoms. The van der Waals surface area contributed by atoms with Crippen LogP contribution in [-0.4, -0.2) is 30.3 Å². The van der Waals surface area contributed by atoms with Crippen LogP contribution in [0.1, 0.15) is 42.1 Å². The lowest BCUT2D eigenvalue weighted by Crippen LogP contribution is -2.37. The summed E-state index contributed by atoms with van der Waals surface area (Å²) in [6.45, 7) is 4.80. The Kier molecular flexibility index (Phi) is 4.70. The molecule has 1 saturated heterocycles. The molecular weight excluding hydrogens is 236 g/mol. The van der Waals surface area contributed by atoms with E-state index in [2.05, 4.69) is 17.9 Å². The van der Waals surface area contributed by atoms with Crippen LogP contribution >= 0.6 is 0 Å². The monoisotopic (exact) mass is 256 g/mol. The van der Waals surface area contributed by atoms with Crippen molar-refractivity contribution in [2.75, 3.05) is 19.6 Å². The Morgan fingerprint density at radius 3 is 2.47 bits per heavy atom. The fourth-order valence-corrected chi connectivity index (χ4v) is 2.58. The lowest BCUT2D eigenvalue weighted by molar-refractivity contribution is 0.0894.